The normalized spacial score (nSPS) is 31.6. The maximum absolute atomic E-state index is 10.9. The number of carbonyl (C=O) groups excluding carboxylic acids is 1. The first-order valence-electron chi connectivity index (χ1n) is 4.67. The van der Waals surface area contributed by atoms with Crippen molar-refractivity contribution >= 4 is 5.91 Å². The Morgan fingerprint density at radius 3 is 2.25 bits per heavy atom. The Balaban J connectivity index is 2.50. The smallest absolute Gasteiger partial charge is 0.231 e. The predicted octanol–water partition coefficient (Wildman–Crippen LogP) is 1.30. The molecule has 0 aromatic rings. The number of hydrogen-bond acceptors (Lipinski definition) is 2. The molecule has 2 atom stereocenters. The Hall–Kier alpha value is -0.570. The van der Waals surface area contributed by atoms with E-state index in [1.807, 2.05) is 0 Å². The second-order valence-electron chi connectivity index (χ2n) is 3.70. The summed E-state index contributed by atoms with van der Waals surface area (Å²) in [6.07, 6.45) is 3.65. The number of hydrogen-bond donors (Lipinski definition) is 1. The van der Waals surface area contributed by atoms with Crippen molar-refractivity contribution in [3.63, 3.8) is 0 Å². The van der Waals surface area contributed by atoms with Gasteiger partial charge in [-0.15, -0.1) is 0 Å². The van der Waals surface area contributed by atoms with Crippen LogP contribution in [0.25, 0.3) is 0 Å². The van der Waals surface area contributed by atoms with Gasteiger partial charge in [-0.25, -0.2) is 5.01 Å². The van der Waals surface area contributed by atoms with E-state index in [1.54, 1.807) is 6.92 Å². The molecule has 0 aromatic carbocycles. The minimum atomic E-state index is 0.0376. The van der Waals surface area contributed by atoms with Gasteiger partial charge in [0.05, 0.1) is 0 Å². The average Bonchev–Trinajstić information content (AvgIpc) is 1.97. The summed E-state index contributed by atoms with van der Waals surface area (Å²) in [7, 11) is 0. The Morgan fingerprint density at radius 2 is 1.83 bits per heavy atom. The molecule has 3 heteroatoms. The Bertz CT molecular complexity index is 160. The van der Waals surface area contributed by atoms with Crippen LogP contribution in [0.2, 0.25) is 0 Å². The molecule has 0 aromatic heterocycles. The van der Waals surface area contributed by atoms with Crippen LogP contribution in [0.1, 0.15) is 40.0 Å². The third-order valence-electron chi connectivity index (χ3n) is 2.48. The van der Waals surface area contributed by atoms with Gasteiger partial charge in [-0.3, -0.25) is 10.2 Å². The molecule has 1 amide bonds. The zero-order chi connectivity index (χ0) is 9.14. The van der Waals surface area contributed by atoms with Gasteiger partial charge in [-0.1, -0.05) is 6.42 Å². The lowest BCUT2D eigenvalue weighted by molar-refractivity contribution is -0.127. The summed E-state index contributed by atoms with van der Waals surface area (Å²) in [6, 6.07) is 0.968. The predicted molar refractivity (Wildman–Crippen MR) is 48.4 cm³/mol. The van der Waals surface area contributed by atoms with Crippen LogP contribution in [0.15, 0.2) is 0 Å². The van der Waals surface area contributed by atoms with E-state index in [1.165, 1.54) is 19.3 Å². The topological polar surface area (TPSA) is 32.3 Å². The standard InChI is InChI=1S/C9H18N2O/c1-7-5-4-6-8(2)11(7)10-9(3)12/h7-8H,4-6H2,1-3H3,(H,10,12). The molecule has 0 aliphatic carbocycles. The van der Waals surface area contributed by atoms with Crippen LogP contribution in [-0.2, 0) is 4.79 Å². The second-order valence-corrected chi connectivity index (χ2v) is 3.70. The highest BCUT2D eigenvalue weighted by molar-refractivity contribution is 5.72. The molecule has 1 aliphatic rings. The van der Waals surface area contributed by atoms with Crippen LogP contribution in [0, 0.1) is 0 Å². The molecule has 0 bridgehead atoms. The van der Waals surface area contributed by atoms with Crippen LogP contribution in [0.5, 0.6) is 0 Å². The van der Waals surface area contributed by atoms with E-state index in [9.17, 15) is 4.79 Å². The van der Waals surface area contributed by atoms with Gasteiger partial charge in [0.15, 0.2) is 0 Å². The van der Waals surface area contributed by atoms with Crippen LogP contribution >= 0.6 is 0 Å². The van der Waals surface area contributed by atoms with E-state index in [2.05, 4.69) is 24.3 Å². The molecule has 0 spiro atoms. The van der Waals surface area contributed by atoms with E-state index in [-0.39, 0.29) is 5.91 Å². The zero-order valence-corrected chi connectivity index (χ0v) is 8.13. The van der Waals surface area contributed by atoms with Crippen molar-refractivity contribution in [1.82, 2.24) is 10.4 Å². The van der Waals surface area contributed by atoms with E-state index >= 15 is 0 Å². The summed E-state index contributed by atoms with van der Waals surface area (Å²) in [5.41, 5.74) is 2.88. The maximum Gasteiger partial charge on any atom is 0.231 e. The van der Waals surface area contributed by atoms with Gasteiger partial charge >= 0.3 is 0 Å². The van der Waals surface area contributed by atoms with Crippen molar-refractivity contribution in [3.8, 4) is 0 Å². The van der Waals surface area contributed by atoms with Crippen molar-refractivity contribution in [2.45, 2.75) is 52.1 Å². The van der Waals surface area contributed by atoms with Gasteiger partial charge in [0.25, 0.3) is 0 Å². The Labute approximate surface area is 74.1 Å². The first-order valence-corrected chi connectivity index (χ1v) is 4.67. The number of carbonyl (C=O) groups is 1. The highest BCUT2D eigenvalue weighted by atomic mass is 16.2. The molecule has 70 valence electrons. The third kappa shape index (κ3) is 2.21. The molecule has 1 fully saturated rings. The van der Waals surface area contributed by atoms with Crippen molar-refractivity contribution in [2.24, 2.45) is 0 Å². The van der Waals surface area contributed by atoms with Crippen molar-refractivity contribution < 1.29 is 4.79 Å². The first kappa shape index (κ1) is 9.52. The average molecular weight is 170 g/mol. The van der Waals surface area contributed by atoms with Gasteiger partial charge in [-0.2, -0.15) is 0 Å². The van der Waals surface area contributed by atoms with Gasteiger partial charge in [0.1, 0.15) is 0 Å². The number of amides is 1. The number of piperidine rings is 1. The monoisotopic (exact) mass is 170 g/mol. The zero-order valence-electron chi connectivity index (χ0n) is 8.13. The molecular formula is C9H18N2O. The summed E-state index contributed by atoms with van der Waals surface area (Å²) in [6.45, 7) is 5.88. The highest BCUT2D eigenvalue weighted by Crippen LogP contribution is 2.19. The molecule has 0 saturated carbocycles. The lowest BCUT2D eigenvalue weighted by Crippen LogP contribution is -2.53. The van der Waals surface area contributed by atoms with Crippen LogP contribution < -0.4 is 5.43 Å². The Morgan fingerprint density at radius 1 is 1.33 bits per heavy atom. The minimum Gasteiger partial charge on any atom is -0.289 e. The van der Waals surface area contributed by atoms with Gasteiger partial charge in [-0.05, 0) is 26.7 Å². The molecular weight excluding hydrogens is 152 g/mol. The fourth-order valence-electron chi connectivity index (χ4n) is 1.82. The fourth-order valence-corrected chi connectivity index (χ4v) is 1.82. The lowest BCUT2D eigenvalue weighted by Gasteiger charge is -2.38. The van der Waals surface area contributed by atoms with E-state index in [0.29, 0.717) is 12.1 Å². The van der Waals surface area contributed by atoms with Crippen molar-refractivity contribution in [2.75, 3.05) is 0 Å². The largest absolute Gasteiger partial charge is 0.289 e. The molecule has 1 saturated heterocycles. The summed E-state index contributed by atoms with van der Waals surface area (Å²) >= 11 is 0. The SMILES string of the molecule is CC(=O)NN1C(C)CCCC1C. The minimum absolute atomic E-state index is 0.0376. The van der Waals surface area contributed by atoms with E-state index in [0.717, 1.165) is 0 Å². The lowest BCUT2D eigenvalue weighted by atomic mass is 10.00. The number of nitrogens with zero attached hydrogens (tertiary/aromatic N) is 1. The number of rotatable bonds is 1. The fraction of sp³-hybridized carbons (Fsp3) is 0.889. The molecule has 1 heterocycles. The quantitative estimate of drug-likeness (QED) is 0.643. The third-order valence-corrected chi connectivity index (χ3v) is 2.48. The second kappa shape index (κ2) is 3.90. The molecule has 12 heavy (non-hydrogen) atoms. The first-order chi connectivity index (χ1) is 5.61. The van der Waals surface area contributed by atoms with Gasteiger partial charge < -0.3 is 0 Å². The van der Waals surface area contributed by atoms with Crippen LogP contribution in [-0.4, -0.2) is 23.0 Å². The summed E-state index contributed by atoms with van der Waals surface area (Å²) in [5, 5.41) is 2.08. The number of nitrogens with one attached hydrogen (secondary N) is 1. The Kier molecular flexibility index (Phi) is 3.09. The van der Waals surface area contributed by atoms with E-state index in [4.69, 9.17) is 0 Å². The molecule has 1 aliphatic heterocycles. The molecule has 1 N–H and O–H groups in total. The van der Waals surface area contributed by atoms with Crippen molar-refractivity contribution in [3.05, 3.63) is 0 Å². The summed E-state index contributed by atoms with van der Waals surface area (Å²) < 4.78 is 0. The van der Waals surface area contributed by atoms with Crippen molar-refractivity contribution in [1.29, 1.82) is 0 Å². The summed E-state index contributed by atoms with van der Waals surface area (Å²) in [4.78, 5) is 10.9. The summed E-state index contributed by atoms with van der Waals surface area (Å²) in [5.74, 6) is 0.0376. The number of hydrazine groups is 1. The highest BCUT2D eigenvalue weighted by Gasteiger charge is 2.24. The van der Waals surface area contributed by atoms with Gasteiger partial charge in [0, 0.05) is 19.0 Å². The molecule has 0 radical (unpaired) electrons. The molecule has 3 nitrogen and oxygen atoms in total. The van der Waals surface area contributed by atoms with Crippen LogP contribution in [0.4, 0.5) is 0 Å². The van der Waals surface area contributed by atoms with Crippen LogP contribution in [0.3, 0.4) is 0 Å². The molecule has 1 rings (SSSR count). The van der Waals surface area contributed by atoms with E-state index < -0.39 is 0 Å². The van der Waals surface area contributed by atoms with Gasteiger partial charge in [0.2, 0.25) is 5.91 Å². The maximum atomic E-state index is 10.9. The molecule has 2 unspecified atom stereocenters.